The highest BCUT2D eigenvalue weighted by atomic mass is 79.9. The van der Waals surface area contributed by atoms with Crippen LogP contribution in [-0.2, 0) is 7.05 Å². The Bertz CT molecular complexity index is 473. The number of para-hydroxylation sites is 1. The Morgan fingerprint density at radius 3 is 2.67 bits per heavy atom. The highest BCUT2D eigenvalue weighted by Gasteiger charge is 2.25. The first-order valence-corrected chi connectivity index (χ1v) is 6.02. The molecule has 2 heterocycles. The monoisotopic (exact) mass is 264 g/mol. The average molecular weight is 265 g/mol. The number of aryl methyl sites for hydroxylation is 1. The molecule has 0 unspecified atom stereocenters. The Kier molecular flexibility index (Phi) is 2.11. The van der Waals surface area contributed by atoms with Crippen LogP contribution in [-0.4, -0.2) is 17.7 Å². The second-order valence-corrected chi connectivity index (χ2v) is 4.92. The third-order valence-electron chi connectivity index (χ3n) is 3.26. The number of nitrogens with zero attached hydrogens (tertiary/aromatic N) is 1. The van der Waals surface area contributed by atoms with Gasteiger partial charge in [-0.25, -0.2) is 0 Å². The molecule has 0 saturated carbocycles. The molecule has 0 bridgehead atoms. The molecule has 1 fully saturated rings. The zero-order valence-corrected chi connectivity index (χ0v) is 10.2. The van der Waals surface area contributed by atoms with E-state index in [9.17, 15) is 0 Å². The molecule has 1 aliphatic heterocycles. The first-order chi connectivity index (χ1) is 7.29. The van der Waals surface area contributed by atoms with Crippen molar-refractivity contribution in [2.24, 2.45) is 7.05 Å². The predicted molar refractivity (Wildman–Crippen MR) is 66.2 cm³/mol. The summed E-state index contributed by atoms with van der Waals surface area (Å²) in [7, 11) is 2.15. The Balaban J connectivity index is 2.28. The van der Waals surface area contributed by atoms with Gasteiger partial charge in [-0.05, 0) is 22.0 Å². The van der Waals surface area contributed by atoms with Crippen molar-refractivity contribution in [1.82, 2.24) is 9.88 Å². The number of nitrogens with one attached hydrogen (secondary N) is 1. The van der Waals surface area contributed by atoms with Crippen LogP contribution in [0.15, 0.2) is 28.7 Å². The fraction of sp³-hybridized carbons (Fsp3) is 0.333. The van der Waals surface area contributed by atoms with Gasteiger partial charge in [0.2, 0.25) is 0 Å². The van der Waals surface area contributed by atoms with Crippen LogP contribution < -0.4 is 5.32 Å². The Morgan fingerprint density at radius 1 is 1.33 bits per heavy atom. The molecule has 78 valence electrons. The maximum absolute atomic E-state index is 3.73. The molecule has 3 heteroatoms. The fourth-order valence-corrected chi connectivity index (χ4v) is 3.23. The normalized spacial score (nSPS) is 16.9. The lowest BCUT2D eigenvalue weighted by molar-refractivity contribution is 0.431. The molecule has 1 aromatic carbocycles. The van der Waals surface area contributed by atoms with Crippen molar-refractivity contribution in [2.45, 2.75) is 5.92 Å². The van der Waals surface area contributed by atoms with Gasteiger partial charge >= 0.3 is 0 Å². The molecule has 0 spiro atoms. The van der Waals surface area contributed by atoms with Crippen LogP contribution in [0.2, 0.25) is 0 Å². The Labute approximate surface area is 97.4 Å². The number of benzene rings is 1. The maximum atomic E-state index is 3.73. The topological polar surface area (TPSA) is 17.0 Å². The number of fused-ring (bicyclic) bond motifs is 1. The summed E-state index contributed by atoms with van der Waals surface area (Å²) in [4.78, 5) is 0. The van der Waals surface area contributed by atoms with Gasteiger partial charge in [-0.1, -0.05) is 18.2 Å². The van der Waals surface area contributed by atoms with Crippen molar-refractivity contribution in [3.63, 3.8) is 0 Å². The molecule has 0 amide bonds. The van der Waals surface area contributed by atoms with Crippen molar-refractivity contribution >= 4 is 26.8 Å². The van der Waals surface area contributed by atoms with Crippen LogP contribution in [0.25, 0.3) is 10.9 Å². The van der Waals surface area contributed by atoms with E-state index in [1.54, 1.807) is 0 Å². The number of aromatic nitrogens is 1. The average Bonchev–Trinajstić information content (AvgIpc) is 2.42. The second-order valence-electron chi connectivity index (χ2n) is 4.13. The summed E-state index contributed by atoms with van der Waals surface area (Å²) in [5.74, 6) is 0.664. The SMILES string of the molecule is Cn1c(C2CNC2)c(Br)c2ccccc21. The molecule has 0 atom stereocenters. The predicted octanol–water partition coefficient (Wildman–Crippen LogP) is 2.63. The molecule has 1 aliphatic rings. The van der Waals surface area contributed by atoms with Crippen LogP contribution in [0.3, 0.4) is 0 Å². The summed E-state index contributed by atoms with van der Waals surface area (Å²) in [5.41, 5.74) is 2.74. The third kappa shape index (κ3) is 1.26. The highest BCUT2D eigenvalue weighted by Crippen LogP contribution is 2.35. The lowest BCUT2D eigenvalue weighted by atomic mass is 9.99. The van der Waals surface area contributed by atoms with E-state index in [0.717, 1.165) is 13.1 Å². The largest absolute Gasteiger partial charge is 0.346 e. The maximum Gasteiger partial charge on any atom is 0.0491 e. The van der Waals surface area contributed by atoms with Gasteiger partial charge < -0.3 is 9.88 Å². The van der Waals surface area contributed by atoms with Crippen molar-refractivity contribution in [3.8, 4) is 0 Å². The van der Waals surface area contributed by atoms with Crippen LogP contribution in [0.1, 0.15) is 11.6 Å². The minimum Gasteiger partial charge on any atom is -0.346 e. The molecular weight excluding hydrogens is 252 g/mol. The molecule has 2 nitrogen and oxygen atoms in total. The van der Waals surface area contributed by atoms with E-state index >= 15 is 0 Å². The summed E-state index contributed by atoms with van der Waals surface area (Å²) in [6.07, 6.45) is 0. The Hall–Kier alpha value is -0.800. The van der Waals surface area contributed by atoms with Crippen LogP contribution in [0.5, 0.6) is 0 Å². The van der Waals surface area contributed by atoms with Gasteiger partial charge in [-0.15, -0.1) is 0 Å². The zero-order chi connectivity index (χ0) is 10.4. The summed E-state index contributed by atoms with van der Waals surface area (Å²) in [6.45, 7) is 2.20. The van der Waals surface area contributed by atoms with E-state index < -0.39 is 0 Å². The van der Waals surface area contributed by atoms with Gasteiger partial charge in [0.15, 0.2) is 0 Å². The summed E-state index contributed by atoms with van der Waals surface area (Å²) in [6, 6.07) is 8.54. The van der Waals surface area contributed by atoms with Gasteiger partial charge in [-0.3, -0.25) is 0 Å². The molecule has 3 rings (SSSR count). The van der Waals surface area contributed by atoms with Crippen LogP contribution in [0.4, 0.5) is 0 Å². The zero-order valence-electron chi connectivity index (χ0n) is 8.63. The van der Waals surface area contributed by atoms with Crippen molar-refractivity contribution in [3.05, 3.63) is 34.4 Å². The first kappa shape index (κ1) is 9.43. The molecular formula is C12H13BrN2. The van der Waals surface area contributed by atoms with E-state index in [1.807, 2.05) is 0 Å². The van der Waals surface area contributed by atoms with E-state index in [0.29, 0.717) is 5.92 Å². The minimum absolute atomic E-state index is 0.664. The number of halogens is 1. The number of hydrogen-bond acceptors (Lipinski definition) is 1. The standard InChI is InChI=1S/C12H13BrN2/c1-15-10-5-3-2-4-9(10)11(13)12(15)8-6-14-7-8/h2-5,8,14H,6-7H2,1H3. The van der Waals surface area contributed by atoms with Crippen molar-refractivity contribution in [2.75, 3.05) is 13.1 Å². The third-order valence-corrected chi connectivity index (χ3v) is 4.09. The smallest absolute Gasteiger partial charge is 0.0491 e. The Morgan fingerprint density at radius 2 is 2.07 bits per heavy atom. The fourth-order valence-electron chi connectivity index (χ4n) is 2.30. The summed E-state index contributed by atoms with van der Waals surface area (Å²) >= 11 is 3.73. The molecule has 1 aromatic heterocycles. The second kappa shape index (κ2) is 3.35. The highest BCUT2D eigenvalue weighted by molar-refractivity contribution is 9.10. The van der Waals surface area contributed by atoms with E-state index in [4.69, 9.17) is 0 Å². The number of hydrogen-bond donors (Lipinski definition) is 1. The molecule has 1 saturated heterocycles. The van der Waals surface area contributed by atoms with Gasteiger partial charge in [0.25, 0.3) is 0 Å². The molecule has 2 aromatic rings. The first-order valence-electron chi connectivity index (χ1n) is 5.22. The van der Waals surface area contributed by atoms with Gasteiger partial charge in [0.1, 0.15) is 0 Å². The molecule has 15 heavy (non-hydrogen) atoms. The van der Waals surface area contributed by atoms with Crippen LogP contribution in [0, 0.1) is 0 Å². The lowest BCUT2D eigenvalue weighted by Gasteiger charge is -2.28. The lowest BCUT2D eigenvalue weighted by Crippen LogP contribution is -2.40. The van der Waals surface area contributed by atoms with Gasteiger partial charge in [-0.2, -0.15) is 0 Å². The van der Waals surface area contributed by atoms with Gasteiger partial charge in [0, 0.05) is 47.1 Å². The van der Waals surface area contributed by atoms with E-state index in [-0.39, 0.29) is 0 Å². The summed E-state index contributed by atoms with van der Waals surface area (Å²) < 4.78 is 3.58. The van der Waals surface area contributed by atoms with Gasteiger partial charge in [0.05, 0.1) is 0 Å². The van der Waals surface area contributed by atoms with E-state index in [2.05, 4.69) is 57.1 Å². The molecule has 0 aliphatic carbocycles. The molecule has 0 radical (unpaired) electrons. The summed E-state index contributed by atoms with van der Waals surface area (Å²) in [5, 5.41) is 4.65. The minimum atomic E-state index is 0.664. The number of rotatable bonds is 1. The van der Waals surface area contributed by atoms with E-state index in [1.165, 1.54) is 21.1 Å². The van der Waals surface area contributed by atoms with Crippen molar-refractivity contribution < 1.29 is 0 Å². The quantitative estimate of drug-likeness (QED) is 0.838. The van der Waals surface area contributed by atoms with Crippen LogP contribution >= 0.6 is 15.9 Å². The molecule has 1 N–H and O–H groups in total. The van der Waals surface area contributed by atoms with Crippen molar-refractivity contribution in [1.29, 1.82) is 0 Å².